The van der Waals surface area contributed by atoms with Crippen molar-refractivity contribution in [3.63, 3.8) is 0 Å². The number of allylic oxidation sites excluding steroid dienone is 2. The molecule has 2 aromatic heterocycles. The Balaban J connectivity index is 1.85. The first-order valence-corrected chi connectivity index (χ1v) is 9.80. The van der Waals surface area contributed by atoms with E-state index < -0.39 is 17.1 Å². The van der Waals surface area contributed by atoms with Gasteiger partial charge in [0.05, 0.1) is 25.3 Å². The van der Waals surface area contributed by atoms with Gasteiger partial charge in [-0.25, -0.2) is 37.5 Å². The molecule has 0 saturated heterocycles. The number of hydrogen-bond donors (Lipinski definition) is 0. The molecule has 30 heavy (non-hydrogen) atoms. The van der Waals surface area contributed by atoms with Gasteiger partial charge in [-0.2, -0.15) is 0 Å². The van der Waals surface area contributed by atoms with E-state index in [9.17, 15) is 18.8 Å². The minimum absolute atomic E-state index is 0.0249. The van der Waals surface area contributed by atoms with Crippen LogP contribution in [0.1, 0.15) is 10.7 Å². The highest BCUT2D eigenvalue weighted by Gasteiger charge is 2.15. The minimum atomic E-state index is -0.734. The van der Waals surface area contributed by atoms with Crippen molar-refractivity contribution in [2.75, 3.05) is 0 Å². The molecule has 0 radical (unpaired) electrons. The van der Waals surface area contributed by atoms with E-state index in [1.54, 1.807) is 5.38 Å². The summed E-state index contributed by atoms with van der Waals surface area (Å²) < 4.78 is 21.3. The molecular weight excluding hydrogens is 411 g/mol. The Bertz CT molecular complexity index is 1190. The van der Waals surface area contributed by atoms with Gasteiger partial charge in [0.15, 0.2) is 0 Å². The second kappa shape index (κ2) is 9.31. The SMILES string of the molecule is C=CCn1c(=O)n(CC=C)c(=O)n(Cc2csc(COc3ccc(F)cc3)n2)c1=O. The van der Waals surface area contributed by atoms with Crippen LogP contribution in [0.2, 0.25) is 0 Å². The molecule has 0 saturated carbocycles. The summed E-state index contributed by atoms with van der Waals surface area (Å²) in [5.41, 5.74) is -1.71. The predicted molar refractivity (Wildman–Crippen MR) is 112 cm³/mol. The van der Waals surface area contributed by atoms with Gasteiger partial charge in [0.2, 0.25) is 0 Å². The van der Waals surface area contributed by atoms with Crippen LogP contribution in [0.25, 0.3) is 0 Å². The highest BCUT2D eigenvalue weighted by Crippen LogP contribution is 2.16. The summed E-state index contributed by atoms with van der Waals surface area (Å²) >= 11 is 1.30. The molecule has 0 aliphatic carbocycles. The van der Waals surface area contributed by atoms with Gasteiger partial charge in [-0.15, -0.1) is 24.5 Å². The molecular formula is C20H19FN4O4S. The molecule has 156 valence electrons. The second-order valence-corrected chi connectivity index (χ2v) is 7.15. The Kier molecular flexibility index (Phi) is 6.58. The van der Waals surface area contributed by atoms with Crippen molar-refractivity contribution in [3.05, 3.63) is 103 Å². The maximum absolute atomic E-state index is 13.0. The predicted octanol–water partition coefficient (Wildman–Crippen LogP) is 1.77. The van der Waals surface area contributed by atoms with E-state index in [1.165, 1.54) is 47.8 Å². The van der Waals surface area contributed by atoms with Crippen molar-refractivity contribution in [2.24, 2.45) is 0 Å². The van der Waals surface area contributed by atoms with Gasteiger partial charge in [-0.3, -0.25) is 0 Å². The van der Waals surface area contributed by atoms with Crippen molar-refractivity contribution >= 4 is 11.3 Å². The molecule has 0 aliphatic rings. The largest absolute Gasteiger partial charge is 0.486 e. The number of rotatable bonds is 9. The number of benzene rings is 1. The molecule has 0 amide bonds. The van der Waals surface area contributed by atoms with E-state index in [1.807, 2.05) is 0 Å². The van der Waals surface area contributed by atoms with Crippen molar-refractivity contribution in [1.82, 2.24) is 18.7 Å². The second-order valence-electron chi connectivity index (χ2n) is 6.21. The lowest BCUT2D eigenvalue weighted by molar-refractivity contribution is 0.304. The fourth-order valence-electron chi connectivity index (χ4n) is 2.71. The minimum Gasteiger partial charge on any atom is -0.486 e. The zero-order valence-electron chi connectivity index (χ0n) is 16.0. The number of ether oxygens (including phenoxy) is 1. The van der Waals surface area contributed by atoms with Gasteiger partial charge in [0.1, 0.15) is 23.2 Å². The fourth-order valence-corrected chi connectivity index (χ4v) is 3.41. The lowest BCUT2D eigenvalue weighted by Gasteiger charge is -2.11. The van der Waals surface area contributed by atoms with Gasteiger partial charge in [0, 0.05) is 5.38 Å². The third-order valence-electron chi connectivity index (χ3n) is 4.10. The van der Waals surface area contributed by atoms with E-state index in [0.717, 1.165) is 13.7 Å². The third kappa shape index (κ3) is 4.54. The molecule has 0 fully saturated rings. The molecule has 0 atom stereocenters. The van der Waals surface area contributed by atoms with Crippen LogP contribution in [0.4, 0.5) is 4.39 Å². The molecule has 0 unspecified atom stereocenters. The Labute approximate surface area is 174 Å². The lowest BCUT2D eigenvalue weighted by atomic mass is 10.3. The maximum atomic E-state index is 13.0. The fraction of sp³-hybridized carbons (Fsp3) is 0.200. The summed E-state index contributed by atoms with van der Waals surface area (Å²) in [6.07, 6.45) is 2.81. The topological polar surface area (TPSA) is 88.1 Å². The molecule has 0 aliphatic heterocycles. The molecule has 3 rings (SSSR count). The highest BCUT2D eigenvalue weighted by molar-refractivity contribution is 7.09. The van der Waals surface area contributed by atoms with Crippen molar-refractivity contribution in [1.29, 1.82) is 0 Å². The quantitative estimate of drug-likeness (QED) is 0.483. The zero-order chi connectivity index (χ0) is 21.7. The van der Waals surface area contributed by atoms with E-state index in [4.69, 9.17) is 4.74 Å². The molecule has 3 aromatic rings. The third-order valence-corrected chi connectivity index (χ3v) is 4.98. The van der Waals surface area contributed by atoms with Gasteiger partial charge < -0.3 is 4.74 Å². The summed E-state index contributed by atoms with van der Waals surface area (Å²) in [6, 6.07) is 5.60. The number of nitrogens with zero attached hydrogens (tertiary/aromatic N) is 4. The van der Waals surface area contributed by atoms with Crippen molar-refractivity contribution in [3.8, 4) is 5.75 Å². The first-order valence-electron chi connectivity index (χ1n) is 8.92. The summed E-state index contributed by atoms with van der Waals surface area (Å²) in [4.78, 5) is 42.1. The molecule has 0 bridgehead atoms. The van der Waals surface area contributed by atoms with Crippen LogP contribution in [0.5, 0.6) is 5.75 Å². The number of aromatic nitrogens is 4. The van der Waals surface area contributed by atoms with Crippen LogP contribution in [-0.2, 0) is 26.2 Å². The number of halogens is 1. The number of hydrogen-bond acceptors (Lipinski definition) is 6. The first-order chi connectivity index (χ1) is 14.4. The van der Waals surface area contributed by atoms with Crippen LogP contribution in [-0.4, -0.2) is 18.7 Å². The first kappa shape index (κ1) is 21.2. The van der Waals surface area contributed by atoms with Crippen LogP contribution in [0.15, 0.2) is 69.3 Å². The van der Waals surface area contributed by atoms with Gasteiger partial charge in [-0.05, 0) is 24.3 Å². The Morgan fingerprint density at radius 1 is 0.967 bits per heavy atom. The molecule has 10 heteroatoms. The van der Waals surface area contributed by atoms with Crippen molar-refractivity contribution < 1.29 is 9.13 Å². The maximum Gasteiger partial charge on any atom is 0.336 e. The monoisotopic (exact) mass is 430 g/mol. The van der Waals surface area contributed by atoms with E-state index in [-0.39, 0.29) is 32.1 Å². The van der Waals surface area contributed by atoms with E-state index >= 15 is 0 Å². The highest BCUT2D eigenvalue weighted by atomic mass is 32.1. The molecule has 0 spiro atoms. The van der Waals surface area contributed by atoms with Crippen LogP contribution in [0.3, 0.4) is 0 Å². The zero-order valence-corrected chi connectivity index (χ0v) is 16.8. The lowest BCUT2D eigenvalue weighted by Crippen LogP contribution is -2.54. The van der Waals surface area contributed by atoms with Crippen molar-refractivity contribution in [2.45, 2.75) is 26.2 Å². The molecule has 1 aromatic carbocycles. The molecule has 8 nitrogen and oxygen atoms in total. The van der Waals surface area contributed by atoms with E-state index in [2.05, 4.69) is 18.1 Å². The Hall–Kier alpha value is -3.53. The van der Waals surface area contributed by atoms with E-state index in [0.29, 0.717) is 16.5 Å². The van der Waals surface area contributed by atoms with Crippen LogP contribution < -0.4 is 21.8 Å². The normalized spacial score (nSPS) is 10.7. The van der Waals surface area contributed by atoms with Gasteiger partial charge in [0.25, 0.3) is 0 Å². The van der Waals surface area contributed by atoms with Crippen LogP contribution in [0, 0.1) is 5.82 Å². The molecule has 2 heterocycles. The van der Waals surface area contributed by atoms with Gasteiger partial charge >= 0.3 is 17.1 Å². The standard InChI is InChI=1S/C20H19FN4O4S/c1-3-9-23-18(26)24(10-4-2)20(28)25(19(23)27)11-15-13-30-17(22-15)12-29-16-7-5-14(21)6-8-16/h3-8,13H,1-2,9-12H2. The molecule has 0 N–H and O–H groups in total. The summed E-state index contributed by atoms with van der Waals surface area (Å²) in [6.45, 7) is 7.09. The summed E-state index contributed by atoms with van der Waals surface area (Å²) in [7, 11) is 0. The Morgan fingerprint density at radius 3 is 2.10 bits per heavy atom. The Morgan fingerprint density at radius 2 is 1.53 bits per heavy atom. The smallest absolute Gasteiger partial charge is 0.336 e. The summed E-state index contributed by atoms with van der Waals surface area (Å²) in [5, 5.41) is 2.32. The average Bonchev–Trinajstić information content (AvgIpc) is 3.19. The number of thiazole rings is 1. The average molecular weight is 430 g/mol. The van der Waals surface area contributed by atoms with Crippen LogP contribution >= 0.6 is 11.3 Å². The van der Waals surface area contributed by atoms with Gasteiger partial charge in [-0.1, -0.05) is 12.2 Å². The summed E-state index contributed by atoms with van der Waals surface area (Å²) in [5.74, 6) is 0.136.